The summed E-state index contributed by atoms with van der Waals surface area (Å²) in [6.07, 6.45) is 16.1. The predicted octanol–water partition coefficient (Wildman–Crippen LogP) is 4.31. The van der Waals surface area contributed by atoms with E-state index >= 15 is 0 Å². The van der Waals surface area contributed by atoms with Crippen LogP contribution in [-0.2, 0) is 22.9 Å². The summed E-state index contributed by atoms with van der Waals surface area (Å²) in [7, 11) is 5.82. The van der Waals surface area contributed by atoms with Gasteiger partial charge >= 0.3 is 78.9 Å². The molecule has 0 aliphatic heterocycles. The van der Waals surface area contributed by atoms with E-state index in [-0.39, 0.29) is 11.5 Å². The molecule has 0 bridgehead atoms. The maximum atomic E-state index is 11.2. The SMILES string of the molecule is C1=CC[C]([Hf+2][C]2=CC=CC2)=C1.COc1cccc(OC)c1[O-].COc1cccc(OC)c1[O-]. The summed E-state index contributed by atoms with van der Waals surface area (Å²) in [4.78, 5) is 0. The molecular weight excluding hydrogens is 587 g/mol. The van der Waals surface area contributed by atoms with Crippen LogP contribution in [-0.4, -0.2) is 28.4 Å². The molecule has 0 spiro atoms. The first-order chi connectivity index (χ1) is 16.0. The smallest absolute Gasteiger partial charge is 0.114 e. The molecule has 2 aliphatic rings. The Labute approximate surface area is 206 Å². The standard InChI is InChI=1S/2C8H10O3.2C5H5.Hf/c2*1-10-6-4-3-5-7(11-2)8(6)9;2*1-2-4-5-3-1;/h2*3-5,9H,1-2H3;2*1-3H,4H2;/q;;;;+2/p-2. The maximum absolute atomic E-state index is 11.2. The first kappa shape index (κ1) is 26.3. The van der Waals surface area contributed by atoms with Crippen molar-refractivity contribution >= 4 is 0 Å². The van der Waals surface area contributed by atoms with Gasteiger partial charge in [0.1, 0.15) is 23.0 Å². The summed E-state index contributed by atoms with van der Waals surface area (Å²) in [6, 6.07) is 9.82. The Bertz CT molecular complexity index is 897. The van der Waals surface area contributed by atoms with Gasteiger partial charge in [0.15, 0.2) is 0 Å². The molecule has 172 valence electrons. The Balaban J connectivity index is 0.000000175. The fraction of sp³-hybridized carbons (Fsp3) is 0.231. The minimum absolute atomic E-state index is 0.211. The normalized spacial score (nSPS) is 12.8. The van der Waals surface area contributed by atoms with Gasteiger partial charge in [0.25, 0.3) is 0 Å². The van der Waals surface area contributed by atoms with Crippen LogP contribution in [0.4, 0.5) is 0 Å². The molecule has 2 aromatic carbocycles. The zero-order valence-corrected chi connectivity index (χ0v) is 22.9. The van der Waals surface area contributed by atoms with Crippen LogP contribution in [0.1, 0.15) is 12.8 Å². The largest absolute Gasteiger partial charge is 0.867 e. The van der Waals surface area contributed by atoms with Gasteiger partial charge in [-0.25, -0.2) is 0 Å². The number of para-hydroxylation sites is 2. The third kappa shape index (κ3) is 8.17. The third-order valence-electron chi connectivity index (χ3n) is 4.63. The predicted molar refractivity (Wildman–Crippen MR) is 122 cm³/mol. The Morgan fingerprint density at radius 2 is 0.939 bits per heavy atom. The summed E-state index contributed by atoms with van der Waals surface area (Å²) >= 11 is -0.526. The van der Waals surface area contributed by atoms with Gasteiger partial charge in [-0.1, -0.05) is 12.1 Å². The van der Waals surface area contributed by atoms with Crippen LogP contribution in [0.5, 0.6) is 34.5 Å². The summed E-state index contributed by atoms with van der Waals surface area (Å²) in [5, 5.41) is 22.4. The van der Waals surface area contributed by atoms with Gasteiger partial charge in [0.05, 0.1) is 28.4 Å². The molecule has 33 heavy (non-hydrogen) atoms. The summed E-state index contributed by atoms with van der Waals surface area (Å²) in [5.74, 6) is 0.817. The van der Waals surface area contributed by atoms with Gasteiger partial charge < -0.3 is 29.2 Å². The van der Waals surface area contributed by atoms with Crippen LogP contribution in [0.3, 0.4) is 0 Å². The van der Waals surface area contributed by atoms with Gasteiger partial charge in [0.2, 0.25) is 0 Å². The summed E-state index contributed by atoms with van der Waals surface area (Å²) in [5.41, 5.74) is 0. The monoisotopic (exact) mass is 616 g/mol. The number of ether oxygens (including phenoxy) is 4. The first-order valence-electron chi connectivity index (χ1n) is 10.3. The van der Waals surface area contributed by atoms with Gasteiger partial charge in [-0.05, 0) is 35.8 Å². The van der Waals surface area contributed by atoms with Crippen molar-refractivity contribution in [3.05, 3.63) is 79.5 Å². The molecule has 2 aliphatic carbocycles. The van der Waals surface area contributed by atoms with E-state index in [1.54, 1.807) is 43.1 Å². The number of rotatable bonds is 6. The van der Waals surface area contributed by atoms with Crippen molar-refractivity contribution in [3.63, 3.8) is 0 Å². The molecule has 0 N–H and O–H groups in total. The molecule has 0 amide bonds. The Morgan fingerprint density at radius 3 is 1.18 bits per heavy atom. The first-order valence-corrected chi connectivity index (χ1v) is 13.9. The molecule has 0 heterocycles. The molecule has 0 unspecified atom stereocenters. The van der Waals surface area contributed by atoms with Crippen LogP contribution in [0.15, 0.2) is 79.5 Å². The average molecular weight is 615 g/mol. The molecular formula is C26H28HfO6. The van der Waals surface area contributed by atoms with E-state index in [0.717, 1.165) is 0 Å². The number of hydrogen-bond donors (Lipinski definition) is 0. The van der Waals surface area contributed by atoms with Crippen molar-refractivity contribution in [1.29, 1.82) is 0 Å². The second kappa shape index (κ2) is 14.3. The third-order valence-corrected chi connectivity index (χ3v) is 9.60. The number of benzene rings is 2. The number of hydrogen-bond acceptors (Lipinski definition) is 6. The molecule has 0 saturated carbocycles. The van der Waals surface area contributed by atoms with Crippen molar-refractivity contribution in [3.8, 4) is 34.5 Å². The van der Waals surface area contributed by atoms with E-state index in [9.17, 15) is 10.2 Å². The maximum Gasteiger partial charge on any atom is 0.114 e. The Kier molecular flexibility index (Phi) is 11.4. The van der Waals surface area contributed by atoms with Crippen molar-refractivity contribution in [2.24, 2.45) is 0 Å². The molecule has 7 heteroatoms. The van der Waals surface area contributed by atoms with Crippen molar-refractivity contribution in [2.75, 3.05) is 28.4 Å². The van der Waals surface area contributed by atoms with E-state index in [1.807, 2.05) is 0 Å². The van der Waals surface area contributed by atoms with Crippen molar-refractivity contribution in [1.82, 2.24) is 0 Å². The van der Waals surface area contributed by atoms with Crippen LogP contribution in [0.25, 0.3) is 0 Å². The fourth-order valence-corrected chi connectivity index (χ4v) is 7.27. The second-order valence-electron chi connectivity index (χ2n) is 6.76. The van der Waals surface area contributed by atoms with Gasteiger partial charge in [0, 0.05) is 0 Å². The Hall–Kier alpha value is -2.93. The zero-order valence-electron chi connectivity index (χ0n) is 19.3. The molecule has 0 atom stereocenters. The van der Waals surface area contributed by atoms with Crippen molar-refractivity contribution < 1.29 is 52.1 Å². The van der Waals surface area contributed by atoms with Crippen LogP contribution in [0.2, 0.25) is 0 Å². The molecule has 0 aromatic heterocycles. The van der Waals surface area contributed by atoms with Crippen LogP contribution in [0, 0.1) is 0 Å². The average Bonchev–Trinajstić information content (AvgIpc) is 3.55. The Morgan fingerprint density at radius 1 is 0.606 bits per heavy atom. The molecule has 0 fully saturated rings. The van der Waals surface area contributed by atoms with E-state index in [4.69, 9.17) is 18.9 Å². The van der Waals surface area contributed by atoms with Gasteiger partial charge in [-0.3, -0.25) is 0 Å². The fourth-order valence-electron chi connectivity index (χ4n) is 2.92. The second-order valence-corrected chi connectivity index (χ2v) is 12.3. The van der Waals surface area contributed by atoms with E-state index in [2.05, 4.69) is 36.5 Å². The van der Waals surface area contributed by atoms with Gasteiger partial charge in [-0.15, -0.1) is 0 Å². The molecule has 0 saturated heterocycles. The number of methoxy groups -OCH3 is 4. The molecule has 2 aromatic rings. The minimum Gasteiger partial charge on any atom is -0.867 e. The molecule has 4 rings (SSSR count). The summed E-state index contributed by atoms with van der Waals surface area (Å²) < 4.78 is 22.7. The number of allylic oxidation sites excluding steroid dienone is 8. The minimum atomic E-state index is -0.526. The molecule has 6 nitrogen and oxygen atoms in total. The quantitative estimate of drug-likeness (QED) is 0.451. The van der Waals surface area contributed by atoms with Crippen molar-refractivity contribution in [2.45, 2.75) is 12.8 Å². The molecule has 0 radical (unpaired) electrons. The van der Waals surface area contributed by atoms with Gasteiger partial charge in [-0.2, -0.15) is 0 Å². The topological polar surface area (TPSA) is 83.0 Å². The zero-order chi connectivity index (χ0) is 24.1. The van der Waals surface area contributed by atoms with Crippen LogP contribution >= 0.6 is 0 Å². The van der Waals surface area contributed by atoms with E-state index in [1.165, 1.54) is 41.3 Å². The van der Waals surface area contributed by atoms with E-state index < -0.39 is 22.9 Å². The van der Waals surface area contributed by atoms with Crippen LogP contribution < -0.4 is 29.2 Å². The van der Waals surface area contributed by atoms with E-state index in [0.29, 0.717) is 23.0 Å². The summed E-state index contributed by atoms with van der Waals surface area (Å²) in [6.45, 7) is 0.